The van der Waals surface area contributed by atoms with E-state index in [0.717, 1.165) is 54.2 Å². The quantitative estimate of drug-likeness (QED) is 0.145. The Bertz CT molecular complexity index is 2370. The minimum atomic E-state index is -1.74. The normalized spacial score (nSPS) is 16.3. The van der Waals surface area contributed by atoms with E-state index in [2.05, 4.69) is 78.1 Å². The van der Waals surface area contributed by atoms with Crippen molar-refractivity contribution >= 4 is 61.7 Å². The van der Waals surface area contributed by atoms with E-state index < -0.39 is 46.1 Å². The van der Waals surface area contributed by atoms with Crippen molar-refractivity contribution in [2.75, 3.05) is 0 Å². The predicted octanol–water partition coefficient (Wildman–Crippen LogP) is 11.5. The molecule has 9 rings (SSSR count). The SMILES string of the molecule is CC#N.CC1(C)N[C@@H](C(O)(c2cccc3ccccc23)c2cccc3ccccc23)[C@@H](C(O)(c2cccc3ccccc23)c2cccc3ccccc23)O1.[Cl][Ti][Cl]. The van der Waals surface area contributed by atoms with Crippen LogP contribution in [0.1, 0.15) is 43.0 Å². The van der Waals surface area contributed by atoms with E-state index in [4.69, 9.17) is 28.6 Å². The van der Waals surface area contributed by atoms with Crippen molar-refractivity contribution in [3.05, 3.63) is 192 Å². The molecule has 57 heavy (non-hydrogen) atoms. The number of nitrogens with one attached hydrogen (secondary N) is 1. The van der Waals surface area contributed by atoms with Gasteiger partial charge in [-0.15, -0.1) is 0 Å². The molecule has 0 aromatic heterocycles. The molecule has 0 aliphatic carbocycles. The van der Waals surface area contributed by atoms with E-state index in [1.807, 2.05) is 111 Å². The number of rotatable bonds is 6. The molecule has 0 spiro atoms. The summed E-state index contributed by atoms with van der Waals surface area (Å²) in [5, 5.41) is 47.0. The van der Waals surface area contributed by atoms with Crippen LogP contribution in [0.4, 0.5) is 0 Å². The number of hydrogen-bond acceptors (Lipinski definition) is 5. The van der Waals surface area contributed by atoms with Crippen LogP contribution in [0, 0.1) is 11.3 Å². The molecule has 1 aliphatic rings. The Morgan fingerprint density at radius 2 is 0.807 bits per heavy atom. The molecule has 3 N–H and O–H groups in total. The molecule has 0 unspecified atom stereocenters. The van der Waals surface area contributed by atoms with Crippen molar-refractivity contribution in [2.45, 2.75) is 49.8 Å². The maximum atomic E-state index is 14.1. The van der Waals surface area contributed by atoms with Crippen molar-refractivity contribution in [1.29, 1.82) is 5.26 Å². The Morgan fingerprint density at radius 1 is 0.544 bits per heavy atom. The number of nitrogens with zero attached hydrogens (tertiary/aromatic N) is 1. The Hall–Kier alpha value is -4.58. The number of nitriles is 1. The molecule has 284 valence electrons. The van der Waals surface area contributed by atoms with Crippen LogP contribution in [0.2, 0.25) is 0 Å². The average molecular weight is 826 g/mol. The van der Waals surface area contributed by atoms with Gasteiger partial charge in [-0.05, 0) is 79.2 Å². The summed E-state index contributed by atoms with van der Waals surface area (Å²) in [7, 11) is 9.78. The van der Waals surface area contributed by atoms with Gasteiger partial charge >= 0.3 is 35.6 Å². The zero-order chi connectivity index (χ0) is 40.2. The van der Waals surface area contributed by atoms with Gasteiger partial charge in [0.1, 0.15) is 23.0 Å². The predicted molar refractivity (Wildman–Crippen MR) is 231 cm³/mol. The van der Waals surface area contributed by atoms with Crippen LogP contribution in [0.3, 0.4) is 0 Å². The third-order valence-electron chi connectivity index (χ3n) is 10.9. The summed E-state index contributed by atoms with van der Waals surface area (Å²) in [6.45, 7) is 5.37. The Balaban J connectivity index is 0.000000780. The molecular formula is C49H42Cl2N2O3Ti. The van der Waals surface area contributed by atoms with E-state index in [-0.39, 0.29) is 0 Å². The van der Waals surface area contributed by atoms with E-state index in [9.17, 15) is 10.2 Å². The van der Waals surface area contributed by atoms with Gasteiger partial charge in [0.05, 0.1) is 12.1 Å². The van der Waals surface area contributed by atoms with Crippen molar-refractivity contribution in [1.82, 2.24) is 5.32 Å². The second-order valence-corrected chi connectivity index (χ2v) is 17.2. The van der Waals surface area contributed by atoms with Gasteiger partial charge in [0.15, 0.2) is 0 Å². The first-order chi connectivity index (χ1) is 27.6. The van der Waals surface area contributed by atoms with Gasteiger partial charge in [-0.1, -0.05) is 170 Å². The molecule has 0 saturated carbocycles. The summed E-state index contributed by atoms with van der Waals surface area (Å²) in [4.78, 5) is 0. The molecule has 8 heteroatoms. The summed E-state index contributed by atoms with van der Waals surface area (Å²) in [5.74, 6) is 0. The molecule has 0 bridgehead atoms. The Morgan fingerprint density at radius 3 is 1.12 bits per heavy atom. The summed E-state index contributed by atoms with van der Waals surface area (Å²) in [6, 6.07) is 57.9. The van der Waals surface area contributed by atoms with Crippen LogP contribution < -0.4 is 5.32 Å². The molecule has 2 atom stereocenters. The monoisotopic (exact) mass is 824 g/mol. The maximum absolute atomic E-state index is 14.1. The summed E-state index contributed by atoms with van der Waals surface area (Å²) < 4.78 is 7.13. The van der Waals surface area contributed by atoms with Gasteiger partial charge in [-0.2, -0.15) is 5.26 Å². The van der Waals surface area contributed by atoms with Crippen molar-refractivity contribution in [3.63, 3.8) is 0 Å². The first-order valence-electron chi connectivity index (χ1n) is 18.7. The number of benzene rings is 8. The zero-order valence-corrected chi connectivity index (χ0v) is 34.9. The van der Waals surface area contributed by atoms with E-state index in [0.29, 0.717) is 11.1 Å². The molecule has 8 aromatic carbocycles. The van der Waals surface area contributed by atoms with Crippen molar-refractivity contribution in [3.8, 4) is 6.07 Å². The number of aliphatic hydroxyl groups is 2. The third kappa shape index (κ3) is 7.50. The van der Waals surface area contributed by atoms with Gasteiger partial charge in [0.2, 0.25) is 0 Å². The van der Waals surface area contributed by atoms with Crippen LogP contribution in [0.25, 0.3) is 43.1 Å². The van der Waals surface area contributed by atoms with E-state index >= 15 is 0 Å². The van der Waals surface area contributed by atoms with Crippen molar-refractivity contribution < 1.29 is 32.0 Å². The standard InChI is InChI=1S/C47H39NO3.C2H3N.2ClH.Ti/c1-45(2)48-43(46(49,39-27-11-19-31-15-3-7-23-35(31)39)40-28-12-20-32-16-4-8-24-36(32)40)44(51-45)47(50,41-29-13-21-33-17-5-9-25-37(33)41)42-30-14-22-34-18-6-10-26-38(34)42;1-2-3;;;/h3-30,43-44,48-50H,1-2H3;1H3;2*1H;/q;;;;+2/p-2/t43-,44+;;;;/m1..../s1. The average Bonchev–Trinajstić information content (AvgIpc) is 3.59. The van der Waals surface area contributed by atoms with Crippen LogP contribution in [0.15, 0.2) is 170 Å². The molecular weight excluding hydrogens is 783 g/mol. The van der Waals surface area contributed by atoms with E-state index in [1.165, 1.54) is 6.92 Å². The molecule has 5 nitrogen and oxygen atoms in total. The van der Waals surface area contributed by atoms with Gasteiger partial charge in [0, 0.05) is 6.92 Å². The van der Waals surface area contributed by atoms with Gasteiger partial charge in [-0.25, -0.2) is 0 Å². The summed E-state index contributed by atoms with van der Waals surface area (Å²) in [6.07, 6.45) is -0.980. The van der Waals surface area contributed by atoms with Crippen molar-refractivity contribution in [2.24, 2.45) is 0 Å². The van der Waals surface area contributed by atoms with Gasteiger partial charge in [-0.3, -0.25) is 5.32 Å². The summed E-state index contributed by atoms with van der Waals surface area (Å²) >= 11 is -0.556. The van der Waals surface area contributed by atoms with Crippen LogP contribution in [0.5, 0.6) is 0 Å². The number of halogens is 2. The second kappa shape index (κ2) is 17.1. The molecule has 8 aromatic rings. The Kier molecular flexibility index (Phi) is 12.2. The fourth-order valence-electron chi connectivity index (χ4n) is 8.68. The molecule has 0 amide bonds. The Labute approximate surface area is 350 Å². The zero-order valence-electron chi connectivity index (χ0n) is 31.8. The molecule has 1 saturated heterocycles. The molecule has 1 fully saturated rings. The summed E-state index contributed by atoms with van der Waals surface area (Å²) in [5.41, 5.74) is -1.46. The van der Waals surface area contributed by atoms with Gasteiger partial charge < -0.3 is 14.9 Å². The van der Waals surface area contributed by atoms with Crippen LogP contribution >= 0.6 is 18.6 Å². The minimum absolute atomic E-state index is 0.556. The molecule has 0 radical (unpaired) electrons. The first kappa shape index (κ1) is 40.6. The number of fused-ring (bicyclic) bond motifs is 4. The molecule has 1 heterocycles. The fourth-order valence-corrected chi connectivity index (χ4v) is 8.68. The first-order valence-corrected chi connectivity index (χ1v) is 23.0. The van der Waals surface area contributed by atoms with Gasteiger partial charge in [0.25, 0.3) is 0 Å². The van der Waals surface area contributed by atoms with E-state index in [1.54, 1.807) is 6.07 Å². The van der Waals surface area contributed by atoms with Crippen LogP contribution in [-0.4, -0.2) is 28.1 Å². The second-order valence-electron chi connectivity index (χ2n) is 14.6. The molecule has 1 aliphatic heterocycles. The third-order valence-corrected chi connectivity index (χ3v) is 10.9. The number of hydrogen-bond donors (Lipinski definition) is 3. The fraction of sp³-hybridized carbons (Fsp3) is 0.163. The van der Waals surface area contributed by atoms with Crippen LogP contribution in [-0.2, 0) is 33.0 Å². The topological polar surface area (TPSA) is 85.5 Å². The number of ether oxygens (including phenoxy) is 1.